The fourth-order valence-corrected chi connectivity index (χ4v) is 7.75. The van der Waals surface area contributed by atoms with Crippen LogP contribution in [0.4, 0.5) is 17.1 Å². The minimum absolute atomic E-state index is 0.120. The predicted molar refractivity (Wildman–Crippen MR) is 194 cm³/mol. The van der Waals surface area contributed by atoms with Crippen molar-refractivity contribution in [1.82, 2.24) is 0 Å². The molecule has 3 heteroatoms. The van der Waals surface area contributed by atoms with Crippen molar-refractivity contribution >= 4 is 61.4 Å². The highest BCUT2D eigenvalue weighted by Gasteiger charge is 2.37. The molecule has 1 aromatic heterocycles. The summed E-state index contributed by atoms with van der Waals surface area (Å²) in [5.41, 5.74) is 12.4. The van der Waals surface area contributed by atoms with E-state index in [1.165, 1.54) is 38.6 Å². The summed E-state index contributed by atoms with van der Waals surface area (Å²) in [5, 5.41) is 5.37. The smallest absolute Gasteiger partial charge is 0.135 e. The molecular formula is C43H30ClNO. The van der Waals surface area contributed by atoms with Gasteiger partial charge in [-0.2, -0.15) is 0 Å². The van der Waals surface area contributed by atoms with Crippen LogP contribution in [0, 0.1) is 0 Å². The summed E-state index contributed by atoms with van der Waals surface area (Å²) in [7, 11) is 0. The molecule has 0 atom stereocenters. The zero-order valence-electron chi connectivity index (χ0n) is 25.6. The maximum absolute atomic E-state index is 7.03. The van der Waals surface area contributed by atoms with Crippen LogP contribution < -0.4 is 4.90 Å². The molecular weight excluding hydrogens is 582 g/mol. The van der Waals surface area contributed by atoms with E-state index in [1.807, 2.05) is 18.2 Å². The first-order chi connectivity index (χ1) is 22.5. The van der Waals surface area contributed by atoms with Crippen molar-refractivity contribution < 1.29 is 4.42 Å². The third-order valence-electron chi connectivity index (χ3n) is 9.67. The van der Waals surface area contributed by atoms with Gasteiger partial charge in [-0.1, -0.05) is 110 Å². The topological polar surface area (TPSA) is 16.4 Å². The predicted octanol–water partition coefficient (Wildman–Crippen LogP) is 12.8. The van der Waals surface area contributed by atoms with Gasteiger partial charge >= 0.3 is 0 Å². The molecule has 8 aromatic rings. The molecule has 1 heterocycles. The average Bonchev–Trinajstić information content (AvgIpc) is 3.56. The first-order valence-electron chi connectivity index (χ1n) is 15.7. The van der Waals surface area contributed by atoms with Gasteiger partial charge in [-0.3, -0.25) is 0 Å². The molecule has 0 fully saturated rings. The molecule has 0 saturated carbocycles. The molecule has 0 amide bonds. The Kier molecular flexibility index (Phi) is 5.94. The van der Waals surface area contributed by atoms with Gasteiger partial charge in [0.05, 0.1) is 0 Å². The van der Waals surface area contributed by atoms with Gasteiger partial charge in [0.25, 0.3) is 0 Å². The standard InChI is InChI=1S/C43H30ClNO/c1-43(2)38-18-10-8-17-35(38)42-34-16-7-6-14-32(34)36(26-39(42)43)27-22-28(44)24-31(23-27)45(29-12-4-3-5-13-29)30-20-21-41-37(25-30)33-15-9-11-19-40(33)46-41/h3-26H,1-2H3. The number of para-hydroxylation sites is 2. The van der Waals surface area contributed by atoms with Gasteiger partial charge in [-0.25, -0.2) is 0 Å². The minimum Gasteiger partial charge on any atom is -0.456 e. The van der Waals surface area contributed by atoms with Crippen molar-refractivity contribution in [3.63, 3.8) is 0 Å². The highest BCUT2D eigenvalue weighted by atomic mass is 35.5. The van der Waals surface area contributed by atoms with Gasteiger partial charge in [0.1, 0.15) is 11.2 Å². The molecule has 0 aliphatic heterocycles. The van der Waals surface area contributed by atoms with Crippen molar-refractivity contribution in [3.05, 3.63) is 162 Å². The maximum Gasteiger partial charge on any atom is 0.135 e. The van der Waals surface area contributed by atoms with E-state index in [9.17, 15) is 0 Å². The van der Waals surface area contributed by atoms with Crippen LogP contribution in [0.15, 0.2) is 150 Å². The monoisotopic (exact) mass is 611 g/mol. The summed E-state index contributed by atoms with van der Waals surface area (Å²) in [4.78, 5) is 2.28. The molecule has 0 spiro atoms. The quantitative estimate of drug-likeness (QED) is 0.197. The molecule has 0 saturated heterocycles. The SMILES string of the molecule is CC1(C)c2ccccc2-c2c1cc(-c1cc(Cl)cc(N(c3ccccc3)c3ccc4oc5ccccc5c4c3)c1)c1ccccc21. The first-order valence-corrected chi connectivity index (χ1v) is 16.1. The van der Waals surface area contributed by atoms with E-state index < -0.39 is 0 Å². The number of benzene rings is 7. The Bertz CT molecular complexity index is 2470. The normalized spacial score (nSPS) is 13.3. The van der Waals surface area contributed by atoms with E-state index in [0.717, 1.165) is 44.6 Å². The highest BCUT2D eigenvalue weighted by Crippen LogP contribution is 2.53. The van der Waals surface area contributed by atoms with Crippen molar-refractivity contribution in [1.29, 1.82) is 0 Å². The van der Waals surface area contributed by atoms with Crippen LogP contribution in [-0.2, 0) is 5.41 Å². The Hall–Kier alpha value is -5.31. The lowest BCUT2D eigenvalue weighted by atomic mass is 9.80. The molecule has 7 aromatic carbocycles. The summed E-state index contributed by atoms with van der Waals surface area (Å²) in [5.74, 6) is 0. The molecule has 9 rings (SSSR count). The summed E-state index contributed by atoms with van der Waals surface area (Å²) in [6.45, 7) is 4.68. The third-order valence-corrected chi connectivity index (χ3v) is 9.89. The van der Waals surface area contributed by atoms with E-state index in [4.69, 9.17) is 16.0 Å². The van der Waals surface area contributed by atoms with Crippen molar-refractivity contribution in [2.45, 2.75) is 19.3 Å². The van der Waals surface area contributed by atoms with Crippen LogP contribution in [-0.4, -0.2) is 0 Å². The average molecular weight is 612 g/mol. The molecule has 0 radical (unpaired) electrons. The molecule has 2 nitrogen and oxygen atoms in total. The zero-order valence-corrected chi connectivity index (χ0v) is 26.3. The maximum atomic E-state index is 7.03. The second-order valence-corrected chi connectivity index (χ2v) is 13.1. The fraction of sp³-hybridized carbons (Fsp3) is 0.0698. The van der Waals surface area contributed by atoms with Crippen LogP contribution in [0.1, 0.15) is 25.0 Å². The number of furan rings is 1. The number of anilines is 3. The van der Waals surface area contributed by atoms with E-state index in [0.29, 0.717) is 5.02 Å². The minimum atomic E-state index is -0.120. The second-order valence-electron chi connectivity index (χ2n) is 12.7. The molecule has 46 heavy (non-hydrogen) atoms. The fourth-order valence-electron chi connectivity index (χ4n) is 7.52. The van der Waals surface area contributed by atoms with Crippen LogP contribution in [0.3, 0.4) is 0 Å². The van der Waals surface area contributed by atoms with Gasteiger partial charge in [0.2, 0.25) is 0 Å². The van der Waals surface area contributed by atoms with Crippen molar-refractivity contribution in [2.24, 2.45) is 0 Å². The van der Waals surface area contributed by atoms with Crippen LogP contribution in [0.5, 0.6) is 0 Å². The van der Waals surface area contributed by atoms with Gasteiger partial charge in [0.15, 0.2) is 0 Å². The Morgan fingerprint density at radius 1 is 0.500 bits per heavy atom. The lowest BCUT2D eigenvalue weighted by molar-refractivity contribution is 0.661. The number of rotatable bonds is 4. The summed E-state index contributed by atoms with van der Waals surface area (Å²) < 4.78 is 6.17. The summed E-state index contributed by atoms with van der Waals surface area (Å²) in [6, 6.07) is 51.6. The van der Waals surface area contributed by atoms with E-state index in [2.05, 4.69) is 146 Å². The van der Waals surface area contributed by atoms with E-state index in [1.54, 1.807) is 0 Å². The molecule has 220 valence electrons. The molecule has 0 unspecified atom stereocenters. The number of fused-ring (bicyclic) bond motifs is 8. The van der Waals surface area contributed by atoms with Gasteiger partial charge in [-0.15, -0.1) is 0 Å². The molecule has 0 N–H and O–H groups in total. The Labute approximate surface area is 273 Å². The summed E-state index contributed by atoms with van der Waals surface area (Å²) in [6.07, 6.45) is 0. The van der Waals surface area contributed by atoms with E-state index in [-0.39, 0.29) is 5.41 Å². The third kappa shape index (κ3) is 4.04. The number of halogens is 1. The number of nitrogens with zero attached hydrogens (tertiary/aromatic N) is 1. The summed E-state index contributed by atoms with van der Waals surface area (Å²) >= 11 is 7.03. The second kappa shape index (κ2) is 10.1. The van der Waals surface area contributed by atoms with Crippen LogP contribution in [0.2, 0.25) is 5.02 Å². The Balaban J connectivity index is 1.28. The number of hydrogen-bond donors (Lipinski definition) is 0. The number of hydrogen-bond acceptors (Lipinski definition) is 2. The van der Waals surface area contributed by atoms with Crippen LogP contribution in [0.25, 0.3) is 55.0 Å². The lowest BCUT2D eigenvalue weighted by Gasteiger charge is -2.27. The Morgan fingerprint density at radius 2 is 1.20 bits per heavy atom. The lowest BCUT2D eigenvalue weighted by Crippen LogP contribution is -2.15. The molecule has 1 aliphatic carbocycles. The highest BCUT2D eigenvalue weighted by molar-refractivity contribution is 6.31. The first kappa shape index (κ1) is 27.0. The van der Waals surface area contributed by atoms with Gasteiger partial charge in [0, 0.05) is 38.3 Å². The van der Waals surface area contributed by atoms with Crippen molar-refractivity contribution in [3.8, 4) is 22.3 Å². The molecule has 1 aliphatic rings. The van der Waals surface area contributed by atoms with Gasteiger partial charge in [-0.05, 0) is 105 Å². The largest absolute Gasteiger partial charge is 0.456 e. The molecule has 0 bridgehead atoms. The van der Waals surface area contributed by atoms with Crippen LogP contribution >= 0.6 is 11.6 Å². The van der Waals surface area contributed by atoms with E-state index >= 15 is 0 Å². The van der Waals surface area contributed by atoms with Gasteiger partial charge < -0.3 is 9.32 Å². The zero-order chi connectivity index (χ0) is 31.0. The Morgan fingerprint density at radius 3 is 2.04 bits per heavy atom. The van der Waals surface area contributed by atoms with Crippen molar-refractivity contribution in [2.75, 3.05) is 4.90 Å².